The van der Waals surface area contributed by atoms with E-state index in [0.717, 1.165) is 11.1 Å². The second-order valence-electron chi connectivity index (χ2n) is 6.35. The van der Waals surface area contributed by atoms with E-state index in [2.05, 4.69) is 10.3 Å². The molecule has 1 amide bonds. The van der Waals surface area contributed by atoms with Crippen molar-refractivity contribution in [1.29, 1.82) is 0 Å². The molecule has 0 fully saturated rings. The summed E-state index contributed by atoms with van der Waals surface area (Å²) in [6, 6.07) is 11.0. The van der Waals surface area contributed by atoms with E-state index in [0.29, 0.717) is 33.8 Å². The molecule has 0 saturated heterocycles. The molecular formula is C23H24N2O5S. The molecular weight excluding hydrogens is 416 g/mol. The smallest absolute Gasteiger partial charge is 0.264 e. The van der Waals surface area contributed by atoms with Crippen LogP contribution in [-0.4, -0.2) is 38.8 Å². The third-order valence-electron chi connectivity index (χ3n) is 4.34. The predicted octanol–water partition coefficient (Wildman–Crippen LogP) is 4.89. The molecule has 0 atom stereocenters. The Bertz CT molecular complexity index is 1080. The molecule has 0 radical (unpaired) electrons. The number of thiazole rings is 1. The number of carbonyl (C=O) groups excluding carboxylic acids is 1. The molecule has 162 valence electrons. The van der Waals surface area contributed by atoms with Crippen molar-refractivity contribution in [3.63, 3.8) is 0 Å². The number of nitrogens with zero attached hydrogens (tertiary/aromatic N) is 1. The number of amides is 1. The van der Waals surface area contributed by atoms with Gasteiger partial charge in [-0.05, 0) is 42.8 Å². The lowest BCUT2D eigenvalue weighted by atomic mass is 10.1. The van der Waals surface area contributed by atoms with Gasteiger partial charge in [-0.1, -0.05) is 18.2 Å². The number of benzene rings is 2. The van der Waals surface area contributed by atoms with Crippen LogP contribution in [0.5, 0.6) is 23.0 Å². The Kier molecular flexibility index (Phi) is 7.50. The van der Waals surface area contributed by atoms with Crippen molar-refractivity contribution in [2.45, 2.75) is 6.92 Å². The van der Waals surface area contributed by atoms with Crippen LogP contribution in [0, 0.1) is 0 Å². The van der Waals surface area contributed by atoms with Gasteiger partial charge in [-0.25, -0.2) is 4.98 Å². The molecule has 0 saturated carbocycles. The first-order valence-corrected chi connectivity index (χ1v) is 10.4. The molecule has 2 aromatic carbocycles. The van der Waals surface area contributed by atoms with E-state index in [1.165, 1.54) is 11.3 Å². The van der Waals surface area contributed by atoms with Gasteiger partial charge in [-0.2, -0.15) is 0 Å². The summed E-state index contributed by atoms with van der Waals surface area (Å²) in [7, 11) is 4.75. The normalized spacial score (nSPS) is 10.7. The molecule has 1 N–H and O–H groups in total. The third-order valence-corrected chi connectivity index (χ3v) is 5.10. The van der Waals surface area contributed by atoms with E-state index in [9.17, 15) is 4.79 Å². The molecule has 0 aliphatic carbocycles. The predicted molar refractivity (Wildman–Crippen MR) is 122 cm³/mol. The summed E-state index contributed by atoms with van der Waals surface area (Å²) >= 11 is 1.31. The lowest BCUT2D eigenvalue weighted by molar-refractivity contribution is -0.118. The van der Waals surface area contributed by atoms with Crippen LogP contribution in [0.15, 0.2) is 47.9 Å². The van der Waals surface area contributed by atoms with Crippen LogP contribution in [-0.2, 0) is 4.79 Å². The van der Waals surface area contributed by atoms with Crippen LogP contribution >= 0.6 is 11.3 Å². The number of aromatic nitrogens is 1. The van der Waals surface area contributed by atoms with Crippen LogP contribution < -0.4 is 24.3 Å². The van der Waals surface area contributed by atoms with Gasteiger partial charge in [0.1, 0.15) is 11.5 Å². The van der Waals surface area contributed by atoms with Gasteiger partial charge >= 0.3 is 0 Å². The molecule has 8 heteroatoms. The summed E-state index contributed by atoms with van der Waals surface area (Å²) < 4.78 is 21.7. The Balaban J connectivity index is 1.66. The summed E-state index contributed by atoms with van der Waals surface area (Å²) in [5.74, 6) is 2.09. The summed E-state index contributed by atoms with van der Waals surface area (Å²) in [6.45, 7) is 1.77. The van der Waals surface area contributed by atoms with E-state index in [1.807, 2.05) is 54.8 Å². The second kappa shape index (κ2) is 10.5. The van der Waals surface area contributed by atoms with Crippen molar-refractivity contribution < 1.29 is 23.7 Å². The van der Waals surface area contributed by atoms with Crippen molar-refractivity contribution >= 4 is 28.5 Å². The lowest BCUT2D eigenvalue weighted by Crippen LogP contribution is -2.20. The van der Waals surface area contributed by atoms with Gasteiger partial charge in [0.25, 0.3) is 5.91 Å². The van der Waals surface area contributed by atoms with Gasteiger partial charge in [0.2, 0.25) is 0 Å². The fourth-order valence-electron chi connectivity index (χ4n) is 2.87. The van der Waals surface area contributed by atoms with E-state index in [-0.39, 0.29) is 12.5 Å². The molecule has 0 spiro atoms. The minimum Gasteiger partial charge on any atom is -0.497 e. The molecule has 0 aliphatic heterocycles. The number of anilines is 1. The topological polar surface area (TPSA) is 78.9 Å². The average molecular weight is 441 g/mol. The summed E-state index contributed by atoms with van der Waals surface area (Å²) in [4.78, 5) is 16.8. The summed E-state index contributed by atoms with van der Waals surface area (Å²) in [5.41, 5.74) is 2.44. The van der Waals surface area contributed by atoms with E-state index in [1.54, 1.807) is 27.4 Å². The molecule has 7 nitrogen and oxygen atoms in total. The van der Waals surface area contributed by atoms with Crippen molar-refractivity contribution in [1.82, 2.24) is 4.98 Å². The van der Waals surface area contributed by atoms with E-state index < -0.39 is 0 Å². The SMILES string of the molecule is C/C=C/c1ccc(OCC(=O)Nc2nc(-c3cc(OC)ccc3OC)cs2)c(OC)c1. The molecule has 31 heavy (non-hydrogen) atoms. The molecule has 0 aliphatic rings. The van der Waals surface area contributed by atoms with Gasteiger partial charge in [0.05, 0.1) is 27.0 Å². The zero-order valence-corrected chi connectivity index (χ0v) is 18.6. The number of nitrogens with one attached hydrogen (secondary N) is 1. The molecule has 3 rings (SSSR count). The number of hydrogen-bond acceptors (Lipinski definition) is 7. The number of ether oxygens (including phenoxy) is 4. The van der Waals surface area contributed by atoms with Crippen LogP contribution in [0.4, 0.5) is 5.13 Å². The van der Waals surface area contributed by atoms with Gasteiger partial charge in [0, 0.05) is 10.9 Å². The Labute approximate surface area is 185 Å². The Morgan fingerprint density at radius 1 is 1.03 bits per heavy atom. The number of methoxy groups -OCH3 is 3. The minimum absolute atomic E-state index is 0.170. The molecule has 1 heterocycles. The van der Waals surface area contributed by atoms with Gasteiger partial charge < -0.3 is 18.9 Å². The fourth-order valence-corrected chi connectivity index (χ4v) is 3.59. The van der Waals surface area contributed by atoms with Crippen LogP contribution in [0.1, 0.15) is 12.5 Å². The van der Waals surface area contributed by atoms with Crippen LogP contribution in [0.2, 0.25) is 0 Å². The van der Waals surface area contributed by atoms with E-state index >= 15 is 0 Å². The second-order valence-corrected chi connectivity index (χ2v) is 7.21. The number of hydrogen-bond donors (Lipinski definition) is 1. The zero-order chi connectivity index (χ0) is 22.2. The molecule has 0 bridgehead atoms. The number of rotatable bonds is 9. The van der Waals surface area contributed by atoms with Gasteiger partial charge in [-0.15, -0.1) is 11.3 Å². The monoisotopic (exact) mass is 440 g/mol. The highest BCUT2D eigenvalue weighted by molar-refractivity contribution is 7.14. The number of carbonyl (C=O) groups is 1. The van der Waals surface area contributed by atoms with Crippen LogP contribution in [0.3, 0.4) is 0 Å². The summed E-state index contributed by atoms with van der Waals surface area (Å²) in [5, 5.41) is 5.06. The lowest BCUT2D eigenvalue weighted by Gasteiger charge is -2.11. The van der Waals surface area contributed by atoms with E-state index in [4.69, 9.17) is 18.9 Å². The zero-order valence-electron chi connectivity index (χ0n) is 17.8. The maximum Gasteiger partial charge on any atom is 0.264 e. The minimum atomic E-state index is -0.321. The van der Waals surface area contributed by atoms with Crippen molar-refractivity contribution in [3.8, 4) is 34.3 Å². The Morgan fingerprint density at radius 3 is 2.52 bits per heavy atom. The standard InChI is InChI=1S/C23H24N2O5S/c1-5-6-15-7-9-20(21(11-15)29-4)30-13-22(26)25-23-24-18(14-31-23)17-12-16(27-2)8-10-19(17)28-3/h5-12,14H,13H2,1-4H3,(H,24,25,26)/b6-5+. The first-order valence-electron chi connectivity index (χ1n) is 9.49. The Hall–Kier alpha value is -3.52. The fraction of sp³-hybridized carbons (Fsp3) is 0.217. The first kappa shape index (κ1) is 22.2. The maximum atomic E-state index is 12.4. The molecule has 1 aromatic heterocycles. The van der Waals surface area contributed by atoms with Crippen molar-refractivity contribution in [2.75, 3.05) is 33.3 Å². The third kappa shape index (κ3) is 5.55. The largest absolute Gasteiger partial charge is 0.497 e. The first-order chi connectivity index (χ1) is 15.1. The Morgan fingerprint density at radius 2 is 1.81 bits per heavy atom. The highest BCUT2D eigenvalue weighted by Crippen LogP contribution is 2.35. The highest BCUT2D eigenvalue weighted by atomic mass is 32.1. The highest BCUT2D eigenvalue weighted by Gasteiger charge is 2.14. The number of allylic oxidation sites excluding steroid dienone is 1. The maximum absolute atomic E-state index is 12.4. The van der Waals surface area contributed by atoms with Gasteiger partial charge in [-0.3, -0.25) is 10.1 Å². The molecule has 3 aromatic rings. The van der Waals surface area contributed by atoms with Crippen molar-refractivity contribution in [3.05, 3.63) is 53.4 Å². The average Bonchev–Trinajstić information content (AvgIpc) is 3.26. The molecule has 0 unspecified atom stereocenters. The van der Waals surface area contributed by atoms with Crippen molar-refractivity contribution in [2.24, 2.45) is 0 Å². The quantitative estimate of drug-likeness (QED) is 0.511. The summed E-state index contributed by atoms with van der Waals surface area (Å²) in [6.07, 6.45) is 3.89. The van der Waals surface area contributed by atoms with Crippen LogP contribution in [0.25, 0.3) is 17.3 Å². The van der Waals surface area contributed by atoms with Gasteiger partial charge in [0.15, 0.2) is 23.2 Å².